The molecule has 3 rings (SSSR count). The fourth-order valence-electron chi connectivity index (χ4n) is 2.67. The van der Waals surface area contributed by atoms with Crippen molar-refractivity contribution in [3.05, 3.63) is 54.0 Å². The summed E-state index contributed by atoms with van der Waals surface area (Å²) in [7, 11) is 0. The first-order valence-corrected chi connectivity index (χ1v) is 8.51. The fraction of sp³-hybridized carbons (Fsp3) is 0.158. The van der Waals surface area contributed by atoms with Gasteiger partial charge in [-0.1, -0.05) is 18.2 Å². The van der Waals surface area contributed by atoms with Gasteiger partial charge in [-0.05, 0) is 18.2 Å². The Morgan fingerprint density at radius 2 is 1.97 bits per heavy atom. The monoisotopic (exact) mass is 418 g/mol. The van der Waals surface area contributed by atoms with Gasteiger partial charge in [0, 0.05) is 5.39 Å². The molecule has 0 aliphatic heterocycles. The first-order chi connectivity index (χ1) is 14.2. The normalized spacial score (nSPS) is 12.2. The van der Waals surface area contributed by atoms with Gasteiger partial charge in [0.2, 0.25) is 5.91 Å². The van der Waals surface area contributed by atoms with Crippen molar-refractivity contribution < 1.29 is 22.4 Å². The zero-order valence-electron chi connectivity index (χ0n) is 15.2. The lowest BCUT2D eigenvalue weighted by molar-refractivity contribution is -0.144. The maximum absolute atomic E-state index is 14.3. The molecule has 11 heteroatoms. The van der Waals surface area contributed by atoms with Crippen LogP contribution in [0.2, 0.25) is 0 Å². The number of halogens is 4. The minimum atomic E-state index is -4.71. The van der Waals surface area contributed by atoms with Crippen LogP contribution in [-0.2, 0) is 4.79 Å². The number of nitrogens with two attached hydrogens (primary N) is 1. The van der Waals surface area contributed by atoms with Crippen LogP contribution in [0.3, 0.4) is 0 Å². The molecule has 0 fully saturated rings. The van der Waals surface area contributed by atoms with Crippen LogP contribution in [0.4, 0.5) is 34.9 Å². The number of aromatic nitrogens is 2. The predicted molar refractivity (Wildman–Crippen MR) is 101 cm³/mol. The van der Waals surface area contributed by atoms with E-state index in [4.69, 9.17) is 5.73 Å². The van der Waals surface area contributed by atoms with Crippen LogP contribution >= 0.6 is 0 Å². The molecule has 0 saturated heterocycles. The Labute approximate surface area is 167 Å². The molecule has 7 nitrogen and oxygen atoms in total. The molecule has 4 N–H and O–H groups in total. The van der Waals surface area contributed by atoms with Gasteiger partial charge in [0.15, 0.2) is 17.5 Å². The maximum Gasteiger partial charge on any atom is 0.391 e. The molecule has 3 aromatic rings. The zero-order valence-corrected chi connectivity index (χ0v) is 15.2. The van der Waals surface area contributed by atoms with E-state index in [2.05, 4.69) is 20.6 Å². The average Bonchev–Trinajstić information content (AvgIpc) is 2.68. The molecule has 154 valence electrons. The molecule has 0 radical (unpaired) electrons. The van der Waals surface area contributed by atoms with E-state index < -0.39 is 36.2 Å². The molecular formula is C19H14F4N6O. The van der Waals surface area contributed by atoms with Gasteiger partial charge in [0.05, 0.1) is 29.4 Å². The topological polar surface area (TPSA) is 117 Å². The number of carbonyl (C=O) groups excluding carboxylic acids is 1. The number of amides is 1. The van der Waals surface area contributed by atoms with Crippen molar-refractivity contribution in [1.29, 1.82) is 5.26 Å². The van der Waals surface area contributed by atoms with E-state index in [0.717, 1.165) is 17.0 Å². The highest BCUT2D eigenvalue weighted by Gasteiger charge is 2.35. The van der Waals surface area contributed by atoms with Crippen molar-refractivity contribution in [3.8, 4) is 6.07 Å². The van der Waals surface area contributed by atoms with Crippen LogP contribution in [-0.4, -0.2) is 28.1 Å². The van der Waals surface area contributed by atoms with E-state index in [1.807, 2.05) is 6.07 Å². The summed E-state index contributed by atoms with van der Waals surface area (Å²) in [4.78, 5) is 19.4. The Morgan fingerprint density at radius 1 is 1.23 bits per heavy atom. The number of anilines is 3. The summed E-state index contributed by atoms with van der Waals surface area (Å²) in [6.07, 6.45) is -4.87. The summed E-state index contributed by atoms with van der Waals surface area (Å²) < 4.78 is 52.2. The minimum absolute atomic E-state index is 0.131. The number of alkyl halides is 3. The van der Waals surface area contributed by atoms with Crippen molar-refractivity contribution in [2.75, 3.05) is 10.6 Å². The Hall–Kier alpha value is -3.94. The van der Waals surface area contributed by atoms with Gasteiger partial charge in [-0.15, -0.1) is 0 Å². The molecule has 0 spiro atoms. The summed E-state index contributed by atoms with van der Waals surface area (Å²) >= 11 is 0. The summed E-state index contributed by atoms with van der Waals surface area (Å²) in [5.74, 6) is -3.22. The molecule has 0 bridgehead atoms. The second-order valence-corrected chi connectivity index (χ2v) is 6.29. The summed E-state index contributed by atoms with van der Waals surface area (Å²) in [5.41, 5.74) is 5.92. The van der Waals surface area contributed by atoms with Gasteiger partial charge in [-0.2, -0.15) is 18.4 Å². The van der Waals surface area contributed by atoms with Crippen molar-refractivity contribution in [2.24, 2.45) is 5.73 Å². The lowest BCUT2D eigenvalue weighted by Gasteiger charge is -2.19. The highest BCUT2D eigenvalue weighted by Crippen LogP contribution is 2.27. The van der Waals surface area contributed by atoms with Crippen LogP contribution in [0.25, 0.3) is 10.9 Å². The molecule has 1 aromatic carbocycles. The fourth-order valence-corrected chi connectivity index (χ4v) is 2.67. The Balaban J connectivity index is 1.94. The first kappa shape index (κ1) is 20.8. The second-order valence-electron chi connectivity index (χ2n) is 6.29. The Morgan fingerprint density at radius 3 is 2.63 bits per heavy atom. The van der Waals surface area contributed by atoms with Gasteiger partial charge in [0.25, 0.3) is 0 Å². The number of nitrogens with one attached hydrogen (secondary N) is 2. The van der Waals surface area contributed by atoms with Crippen LogP contribution < -0.4 is 16.4 Å². The number of nitrogens with zero attached hydrogens (tertiary/aromatic N) is 3. The highest BCUT2D eigenvalue weighted by molar-refractivity contribution is 5.84. The van der Waals surface area contributed by atoms with E-state index >= 15 is 0 Å². The number of primary amides is 1. The van der Waals surface area contributed by atoms with Crippen LogP contribution in [0.15, 0.2) is 42.6 Å². The lowest BCUT2D eigenvalue weighted by Crippen LogP contribution is -2.39. The first-order valence-electron chi connectivity index (χ1n) is 8.51. The number of carbonyl (C=O) groups is 1. The Bertz CT molecular complexity index is 1140. The molecule has 2 heterocycles. The standard InChI is InChI=1S/C19H14F4N6O/c20-13-6-11(8-24)17(27-12-5-10-3-1-2-4-14(10)26-9-12)29-18(13)28-15(16(25)30)7-19(21,22)23/h1-6,9,15H,7H2,(H2,25,30)(H2,27,28,29). The summed E-state index contributed by atoms with van der Waals surface area (Å²) in [5, 5.41) is 14.9. The summed E-state index contributed by atoms with van der Waals surface area (Å²) in [6, 6.07) is 9.52. The number of rotatable bonds is 6. The molecule has 0 aliphatic carbocycles. The minimum Gasteiger partial charge on any atom is -0.368 e. The molecular weight excluding hydrogens is 404 g/mol. The Kier molecular flexibility index (Phi) is 5.68. The van der Waals surface area contributed by atoms with Gasteiger partial charge >= 0.3 is 6.18 Å². The molecule has 2 aromatic heterocycles. The largest absolute Gasteiger partial charge is 0.391 e. The summed E-state index contributed by atoms with van der Waals surface area (Å²) in [6.45, 7) is 0. The molecule has 1 atom stereocenters. The number of hydrogen-bond donors (Lipinski definition) is 3. The van der Waals surface area contributed by atoms with E-state index in [0.29, 0.717) is 5.69 Å². The lowest BCUT2D eigenvalue weighted by atomic mass is 10.2. The molecule has 0 aliphatic rings. The molecule has 1 unspecified atom stereocenters. The second kappa shape index (κ2) is 8.20. The van der Waals surface area contributed by atoms with Crippen molar-refractivity contribution in [2.45, 2.75) is 18.6 Å². The third-order valence-electron chi connectivity index (χ3n) is 4.04. The van der Waals surface area contributed by atoms with Gasteiger partial charge in [-0.3, -0.25) is 9.78 Å². The van der Waals surface area contributed by atoms with E-state index in [9.17, 15) is 27.6 Å². The number of para-hydroxylation sites is 1. The number of benzene rings is 1. The van der Waals surface area contributed by atoms with Crippen LogP contribution in [0, 0.1) is 17.1 Å². The van der Waals surface area contributed by atoms with E-state index in [-0.39, 0.29) is 11.4 Å². The number of hydrogen-bond acceptors (Lipinski definition) is 6. The van der Waals surface area contributed by atoms with Gasteiger partial charge in [0.1, 0.15) is 12.1 Å². The highest BCUT2D eigenvalue weighted by atomic mass is 19.4. The van der Waals surface area contributed by atoms with E-state index in [1.165, 1.54) is 6.20 Å². The van der Waals surface area contributed by atoms with E-state index in [1.54, 1.807) is 30.3 Å². The van der Waals surface area contributed by atoms with Gasteiger partial charge in [-0.25, -0.2) is 9.37 Å². The van der Waals surface area contributed by atoms with Crippen molar-refractivity contribution in [1.82, 2.24) is 9.97 Å². The third kappa shape index (κ3) is 4.91. The third-order valence-corrected chi connectivity index (χ3v) is 4.04. The predicted octanol–water partition coefficient (Wildman–Crippen LogP) is 3.60. The number of pyridine rings is 2. The average molecular weight is 418 g/mol. The number of fused-ring (bicyclic) bond motifs is 1. The number of nitriles is 1. The molecule has 30 heavy (non-hydrogen) atoms. The van der Waals surface area contributed by atoms with Crippen molar-refractivity contribution in [3.63, 3.8) is 0 Å². The quantitative estimate of drug-likeness (QED) is 0.527. The van der Waals surface area contributed by atoms with Crippen LogP contribution in [0.1, 0.15) is 12.0 Å². The molecule has 0 saturated carbocycles. The van der Waals surface area contributed by atoms with Gasteiger partial charge < -0.3 is 16.4 Å². The van der Waals surface area contributed by atoms with Crippen molar-refractivity contribution >= 4 is 34.1 Å². The molecule has 1 amide bonds. The zero-order chi connectivity index (χ0) is 21.9. The smallest absolute Gasteiger partial charge is 0.368 e. The van der Waals surface area contributed by atoms with Crippen LogP contribution in [0.5, 0.6) is 0 Å². The maximum atomic E-state index is 14.3. The SMILES string of the molecule is N#Cc1cc(F)c(NC(CC(F)(F)F)C(N)=O)nc1Nc1cnc2ccccc2c1.